The number of likely N-dealkylation sites (N-methyl/N-ethyl adjacent to an activating group) is 1. The van der Waals surface area contributed by atoms with Gasteiger partial charge in [0.15, 0.2) is 0 Å². The molecule has 1 atom stereocenters. The van der Waals surface area contributed by atoms with Crippen LogP contribution in [0.1, 0.15) is 36.8 Å². The Bertz CT molecular complexity index is 979. The molecule has 0 saturated carbocycles. The second-order valence-electron chi connectivity index (χ2n) is 11.0. The summed E-state index contributed by atoms with van der Waals surface area (Å²) in [5, 5.41) is 28.5. The van der Waals surface area contributed by atoms with E-state index in [9.17, 15) is 29.7 Å². The molecule has 0 spiro atoms. The fourth-order valence-electron chi connectivity index (χ4n) is 5.14. The summed E-state index contributed by atoms with van der Waals surface area (Å²) in [5.41, 5.74) is 7.80. The van der Waals surface area contributed by atoms with Crippen LogP contribution in [0.5, 0.6) is 0 Å². The summed E-state index contributed by atoms with van der Waals surface area (Å²) >= 11 is 5.58. The summed E-state index contributed by atoms with van der Waals surface area (Å²) in [4.78, 5) is 43.4. The van der Waals surface area contributed by atoms with E-state index in [0.717, 1.165) is 48.1 Å². The molecule has 0 amide bonds. The summed E-state index contributed by atoms with van der Waals surface area (Å²) in [5.74, 6) is -2.83. The molecule has 5 N–H and O–H groups in total. The van der Waals surface area contributed by atoms with Gasteiger partial charge in [-0.2, -0.15) is 0 Å². The number of carboxylic acids is 3. The third-order valence-corrected chi connectivity index (χ3v) is 7.73. The van der Waals surface area contributed by atoms with Crippen molar-refractivity contribution in [1.82, 2.24) is 19.6 Å². The van der Waals surface area contributed by atoms with Crippen LogP contribution in [-0.2, 0) is 27.2 Å². The zero-order valence-corrected chi connectivity index (χ0v) is 25.1. The minimum Gasteiger partial charge on any atom is -0.480 e. The maximum absolute atomic E-state index is 11.8. The van der Waals surface area contributed by atoms with Gasteiger partial charge in [-0.3, -0.25) is 29.1 Å². The Hall–Kier alpha value is -2.48. The summed E-state index contributed by atoms with van der Waals surface area (Å²) in [6.07, 6.45) is 5.45. The Morgan fingerprint density at radius 1 is 0.805 bits per heavy atom. The van der Waals surface area contributed by atoms with Crippen LogP contribution in [0.4, 0.5) is 0 Å². The number of carbonyl (C=O) groups is 3. The molecule has 1 aromatic carbocycles. The van der Waals surface area contributed by atoms with Crippen molar-refractivity contribution in [2.24, 2.45) is 5.73 Å². The van der Waals surface area contributed by atoms with Crippen molar-refractivity contribution in [3.8, 4) is 0 Å². The largest absolute Gasteiger partial charge is 0.480 e. The van der Waals surface area contributed by atoms with E-state index in [1.165, 1.54) is 0 Å². The van der Waals surface area contributed by atoms with Gasteiger partial charge in [-0.25, -0.2) is 0 Å². The third-order valence-electron chi connectivity index (χ3n) is 7.38. The van der Waals surface area contributed by atoms with Crippen LogP contribution >= 0.6 is 12.2 Å². The lowest BCUT2D eigenvalue weighted by atomic mass is 9.99. The zero-order valence-electron chi connectivity index (χ0n) is 24.2. The number of nitrogens with zero attached hydrogens (tertiary/aromatic N) is 4. The molecule has 0 aromatic heterocycles. The van der Waals surface area contributed by atoms with Gasteiger partial charge >= 0.3 is 17.9 Å². The molecule has 0 aliphatic carbocycles. The third kappa shape index (κ3) is 14.8. The Labute approximate surface area is 248 Å². The normalized spacial score (nSPS) is 18.8. The molecule has 0 radical (unpaired) electrons. The van der Waals surface area contributed by atoms with Gasteiger partial charge in [0.05, 0.1) is 19.6 Å². The number of rotatable bonds is 15. The first kappa shape index (κ1) is 34.7. The highest BCUT2D eigenvalue weighted by Gasteiger charge is 2.25. The molecule has 1 fully saturated rings. The van der Waals surface area contributed by atoms with Gasteiger partial charge in [-0.15, -0.1) is 0 Å². The van der Waals surface area contributed by atoms with Crippen LogP contribution in [0.2, 0.25) is 0 Å². The fraction of sp³-hybridized carbons (Fsp3) is 0.655. The van der Waals surface area contributed by atoms with Crippen molar-refractivity contribution in [2.45, 2.75) is 44.6 Å². The van der Waals surface area contributed by atoms with Crippen molar-refractivity contribution in [3.05, 3.63) is 35.4 Å². The number of aliphatic carboxylic acids is 3. The Kier molecular flexibility index (Phi) is 16.0. The molecule has 1 heterocycles. The number of benzene rings is 1. The fourth-order valence-corrected chi connectivity index (χ4v) is 5.45. The van der Waals surface area contributed by atoms with Gasteiger partial charge in [0.25, 0.3) is 0 Å². The van der Waals surface area contributed by atoms with Crippen LogP contribution < -0.4 is 5.73 Å². The topological polar surface area (TPSA) is 151 Å². The highest BCUT2D eigenvalue weighted by molar-refractivity contribution is 7.80. The van der Waals surface area contributed by atoms with E-state index in [0.29, 0.717) is 58.8 Å². The number of hydrogen-bond acceptors (Lipinski definition) is 9. The van der Waals surface area contributed by atoms with E-state index in [4.69, 9.17) is 18.0 Å². The molecule has 0 bridgehead atoms. The maximum atomic E-state index is 11.8. The lowest BCUT2D eigenvalue weighted by Crippen LogP contribution is -2.52. The second kappa shape index (κ2) is 18.9. The van der Waals surface area contributed by atoms with Crippen LogP contribution in [0.3, 0.4) is 0 Å². The molecular formula is C29H47N5O6S. The van der Waals surface area contributed by atoms with E-state index in [1.54, 1.807) is 4.90 Å². The lowest BCUT2D eigenvalue weighted by molar-refractivity contribution is -0.141. The van der Waals surface area contributed by atoms with Crippen molar-refractivity contribution in [2.75, 3.05) is 79.0 Å². The monoisotopic (exact) mass is 593 g/mol. The first-order valence-electron chi connectivity index (χ1n) is 14.4. The smallest absolute Gasteiger partial charge is 0.317 e. The number of hydrogen-bond donors (Lipinski definition) is 4. The van der Waals surface area contributed by atoms with Crippen LogP contribution in [-0.4, -0.2) is 143 Å². The molecule has 2 rings (SSSR count). The van der Waals surface area contributed by atoms with Gasteiger partial charge < -0.3 is 26.0 Å². The van der Waals surface area contributed by atoms with E-state index >= 15 is 0 Å². The molecule has 11 nitrogen and oxygen atoms in total. The van der Waals surface area contributed by atoms with Gasteiger partial charge in [0, 0.05) is 58.3 Å². The summed E-state index contributed by atoms with van der Waals surface area (Å²) < 4.78 is 0. The first-order valence-corrected chi connectivity index (χ1v) is 14.8. The standard InChI is InChI=1S/C29H47N5O6S/c1-31-11-12-32(20-27(35)36)13-14-33(21-28(37)38)15-16-34(22-29(39)40)25(19-31)17-23-6-8-24(9-7-23)18-26(41)5-3-2-4-10-30/h6-9,25H,2-5,10-22,30H2,1H3,(H,35,36)(H,37,38)(H,39,40). The highest BCUT2D eigenvalue weighted by Crippen LogP contribution is 2.15. The maximum Gasteiger partial charge on any atom is 0.317 e. The van der Waals surface area contributed by atoms with Crippen LogP contribution in [0.25, 0.3) is 0 Å². The number of nitrogens with two attached hydrogens (primary N) is 1. The summed E-state index contributed by atoms with van der Waals surface area (Å²) in [6.45, 7) is 3.49. The molecule has 1 unspecified atom stereocenters. The van der Waals surface area contributed by atoms with Gasteiger partial charge in [0.1, 0.15) is 0 Å². The number of carboxylic acid groups (broad SMARTS) is 3. The van der Waals surface area contributed by atoms with Crippen molar-refractivity contribution in [1.29, 1.82) is 0 Å². The SMILES string of the molecule is CN1CCN(CC(=O)O)CCN(CC(=O)O)CCN(CC(=O)O)C(Cc2ccc(CC(=S)CCCCCN)cc2)C1. The minimum atomic E-state index is -0.974. The van der Waals surface area contributed by atoms with Gasteiger partial charge in [-0.05, 0) is 55.3 Å². The minimum absolute atomic E-state index is 0.118. The highest BCUT2D eigenvalue weighted by atomic mass is 32.1. The van der Waals surface area contributed by atoms with E-state index in [-0.39, 0.29) is 25.7 Å². The molecular weight excluding hydrogens is 546 g/mol. The molecule has 41 heavy (non-hydrogen) atoms. The van der Waals surface area contributed by atoms with Gasteiger partial charge in [0.2, 0.25) is 0 Å². The predicted molar refractivity (Wildman–Crippen MR) is 163 cm³/mol. The molecule has 230 valence electrons. The first-order chi connectivity index (χ1) is 19.5. The molecule has 1 aliphatic heterocycles. The van der Waals surface area contributed by atoms with Crippen LogP contribution in [0.15, 0.2) is 24.3 Å². The number of thiocarbonyl (C=S) groups is 1. The van der Waals surface area contributed by atoms with Crippen molar-refractivity contribution >= 4 is 35.0 Å². The molecule has 1 aromatic rings. The molecule has 1 saturated heterocycles. The summed E-state index contributed by atoms with van der Waals surface area (Å²) in [6, 6.07) is 8.19. The quantitative estimate of drug-likeness (QED) is 0.170. The second-order valence-corrected chi connectivity index (χ2v) is 11.5. The van der Waals surface area contributed by atoms with Crippen molar-refractivity contribution in [3.63, 3.8) is 0 Å². The van der Waals surface area contributed by atoms with E-state index in [2.05, 4.69) is 29.2 Å². The lowest BCUT2D eigenvalue weighted by Gasteiger charge is -2.37. The summed E-state index contributed by atoms with van der Waals surface area (Å²) in [7, 11) is 1.96. The van der Waals surface area contributed by atoms with E-state index < -0.39 is 17.9 Å². The predicted octanol–water partition coefficient (Wildman–Crippen LogP) is 1.13. The average molecular weight is 594 g/mol. The average Bonchev–Trinajstić information content (AvgIpc) is 2.89. The Morgan fingerprint density at radius 3 is 1.90 bits per heavy atom. The molecule has 1 aliphatic rings. The number of unbranched alkanes of at least 4 members (excludes halogenated alkanes) is 2. The van der Waals surface area contributed by atoms with Crippen molar-refractivity contribution < 1.29 is 29.7 Å². The zero-order chi connectivity index (χ0) is 30.2. The van der Waals surface area contributed by atoms with Gasteiger partial charge in [-0.1, -0.05) is 42.9 Å². The van der Waals surface area contributed by atoms with E-state index in [1.807, 2.05) is 16.8 Å². The van der Waals surface area contributed by atoms with Crippen LogP contribution in [0, 0.1) is 0 Å². The molecule has 12 heteroatoms. The Balaban J connectivity index is 2.18. The Morgan fingerprint density at radius 2 is 1.34 bits per heavy atom.